The number of anilines is 1. The van der Waals surface area contributed by atoms with Crippen molar-refractivity contribution in [1.82, 2.24) is 9.55 Å². The van der Waals surface area contributed by atoms with Gasteiger partial charge in [0.2, 0.25) is 5.72 Å². The predicted octanol–water partition coefficient (Wildman–Crippen LogP) is 1.85. The van der Waals surface area contributed by atoms with Crippen molar-refractivity contribution in [1.29, 1.82) is 0 Å². The van der Waals surface area contributed by atoms with E-state index in [1.807, 2.05) is 0 Å². The highest BCUT2D eigenvalue weighted by molar-refractivity contribution is 5.31. The maximum atomic E-state index is 14.4. The molecule has 0 amide bonds. The molecule has 2 heterocycles. The summed E-state index contributed by atoms with van der Waals surface area (Å²) in [6, 6.07) is 1.49. The number of nitrogens with zero attached hydrogens (tertiary/aromatic N) is 5. The van der Waals surface area contributed by atoms with Gasteiger partial charge in [0.05, 0.1) is 6.61 Å². The summed E-state index contributed by atoms with van der Waals surface area (Å²) in [6.07, 6.45) is 1.25. The van der Waals surface area contributed by atoms with Crippen molar-refractivity contribution in [2.45, 2.75) is 63.3 Å². The Morgan fingerprint density at radius 1 is 1.48 bits per heavy atom. The van der Waals surface area contributed by atoms with E-state index in [2.05, 4.69) is 27.3 Å². The number of alkyl halides is 1. The molecule has 0 bridgehead atoms. The highest BCUT2D eigenvalue weighted by Crippen LogP contribution is 2.39. The molecule has 1 aliphatic heterocycles. The monoisotopic (exact) mass is 384 g/mol. The van der Waals surface area contributed by atoms with Crippen molar-refractivity contribution in [2.24, 2.45) is 5.11 Å². The lowest BCUT2D eigenvalue weighted by Gasteiger charge is -2.23. The zero-order valence-corrected chi connectivity index (χ0v) is 15.2. The van der Waals surface area contributed by atoms with Crippen LogP contribution in [-0.4, -0.2) is 50.9 Å². The number of hydrogen-bond acceptors (Lipinski definition) is 7. The number of azide groups is 1. The normalized spacial score (nSPS) is 27.3. The number of aliphatic hydroxyl groups excluding tert-OH is 2. The Bertz CT molecular complexity index is 725. The van der Waals surface area contributed by atoms with Gasteiger partial charge in [-0.05, 0) is 18.0 Å². The summed E-state index contributed by atoms with van der Waals surface area (Å²) in [4.78, 5) is 18.5. The molecule has 1 saturated heterocycles. The molecule has 3 N–H and O–H groups in total. The first kappa shape index (κ1) is 21.1. The standard InChI is InChI=1S/C16H25FN6O4/c1-2-3-4-5-6-8-19-11-7-9-23(15(26)20-11)14-12(17)13(25)16(10-24,27-14)21-22-18/h7,9,12-14,24-25H,2-6,8,10H2,1H3,(H,19,20,26)/t12-,13?,14+,16+/m0/s1. The second kappa shape index (κ2) is 9.65. The molecule has 11 heteroatoms. The van der Waals surface area contributed by atoms with Gasteiger partial charge in [-0.2, -0.15) is 4.98 Å². The summed E-state index contributed by atoms with van der Waals surface area (Å²) in [5.74, 6) is 0.351. The van der Waals surface area contributed by atoms with Crippen LogP contribution in [0.25, 0.3) is 10.4 Å². The Labute approximate surface area is 155 Å². The summed E-state index contributed by atoms with van der Waals surface area (Å²) < 4.78 is 20.5. The lowest BCUT2D eigenvalue weighted by atomic mass is 10.1. The third-order valence-corrected chi connectivity index (χ3v) is 4.49. The topological polar surface area (TPSA) is 145 Å². The SMILES string of the molecule is CCCCCCCNc1ccn([C@@H]2O[C@@](CO)(N=[N+]=[N-])C(O)[C@@H]2F)c(=O)n1. The minimum Gasteiger partial charge on any atom is -0.393 e. The summed E-state index contributed by atoms with van der Waals surface area (Å²) in [5.41, 5.74) is 5.59. The first-order chi connectivity index (χ1) is 13.0. The predicted molar refractivity (Wildman–Crippen MR) is 95.7 cm³/mol. The largest absolute Gasteiger partial charge is 0.393 e. The van der Waals surface area contributed by atoms with Crippen molar-refractivity contribution in [3.63, 3.8) is 0 Å². The number of nitrogens with one attached hydrogen (secondary N) is 1. The Morgan fingerprint density at radius 3 is 2.85 bits per heavy atom. The van der Waals surface area contributed by atoms with Gasteiger partial charge in [-0.25, -0.2) is 9.18 Å². The van der Waals surface area contributed by atoms with Crippen LogP contribution in [0.5, 0.6) is 0 Å². The number of halogens is 1. The molecule has 10 nitrogen and oxygen atoms in total. The van der Waals surface area contributed by atoms with Crippen LogP contribution in [0, 0.1) is 0 Å². The van der Waals surface area contributed by atoms with Crippen LogP contribution in [-0.2, 0) is 4.74 Å². The van der Waals surface area contributed by atoms with Crippen LogP contribution < -0.4 is 11.0 Å². The highest BCUT2D eigenvalue weighted by Gasteiger charge is 2.56. The smallest absolute Gasteiger partial charge is 0.351 e. The van der Waals surface area contributed by atoms with E-state index in [1.54, 1.807) is 0 Å². The molecule has 150 valence electrons. The second-order valence-electron chi connectivity index (χ2n) is 6.43. The molecule has 1 unspecified atom stereocenters. The summed E-state index contributed by atoms with van der Waals surface area (Å²) in [5, 5.41) is 25.5. The van der Waals surface area contributed by atoms with Crippen LogP contribution in [0.2, 0.25) is 0 Å². The number of unbranched alkanes of at least 4 members (excludes halogenated alkanes) is 4. The molecular formula is C16H25FN6O4. The zero-order chi connectivity index (χ0) is 19.9. The van der Waals surface area contributed by atoms with E-state index < -0.39 is 36.5 Å². The minimum atomic E-state index is -2.19. The van der Waals surface area contributed by atoms with Crippen molar-refractivity contribution >= 4 is 5.82 Å². The molecule has 0 aliphatic carbocycles. The molecule has 27 heavy (non-hydrogen) atoms. The fourth-order valence-electron chi connectivity index (χ4n) is 2.93. The van der Waals surface area contributed by atoms with Gasteiger partial charge < -0.3 is 20.3 Å². The number of hydrogen-bond donors (Lipinski definition) is 3. The summed E-state index contributed by atoms with van der Waals surface area (Å²) in [6.45, 7) is 1.87. The van der Waals surface area contributed by atoms with Gasteiger partial charge >= 0.3 is 5.69 Å². The van der Waals surface area contributed by atoms with Gasteiger partial charge in [-0.3, -0.25) is 4.57 Å². The van der Waals surface area contributed by atoms with Gasteiger partial charge in [0, 0.05) is 17.7 Å². The van der Waals surface area contributed by atoms with Gasteiger partial charge in [0.25, 0.3) is 0 Å². The van der Waals surface area contributed by atoms with E-state index in [1.165, 1.54) is 18.7 Å². The Balaban J connectivity index is 2.05. The minimum absolute atomic E-state index is 0.351. The number of rotatable bonds is 10. The number of ether oxygens (including phenoxy) is 1. The van der Waals surface area contributed by atoms with E-state index in [-0.39, 0.29) is 0 Å². The molecule has 1 fully saturated rings. The molecule has 2 rings (SSSR count). The van der Waals surface area contributed by atoms with Crippen LogP contribution in [0.15, 0.2) is 22.2 Å². The number of aliphatic hydroxyl groups is 2. The molecule has 1 aliphatic rings. The third-order valence-electron chi connectivity index (χ3n) is 4.49. The Hall–Kier alpha value is -2.20. The molecule has 0 radical (unpaired) electrons. The van der Waals surface area contributed by atoms with Gasteiger partial charge in [0.1, 0.15) is 11.9 Å². The van der Waals surface area contributed by atoms with Crippen molar-refractivity contribution in [2.75, 3.05) is 18.5 Å². The molecular weight excluding hydrogens is 359 g/mol. The molecule has 1 aromatic heterocycles. The van der Waals surface area contributed by atoms with E-state index in [9.17, 15) is 19.4 Å². The highest BCUT2D eigenvalue weighted by atomic mass is 19.1. The summed E-state index contributed by atoms with van der Waals surface area (Å²) in [7, 11) is 0. The molecule has 0 saturated carbocycles. The lowest BCUT2D eigenvalue weighted by Crippen LogP contribution is -2.43. The quantitative estimate of drug-likeness (QED) is 0.243. The maximum Gasteiger partial charge on any atom is 0.351 e. The van der Waals surface area contributed by atoms with E-state index in [4.69, 9.17) is 10.3 Å². The van der Waals surface area contributed by atoms with Crippen LogP contribution in [0.4, 0.5) is 10.2 Å². The Morgan fingerprint density at radius 2 is 2.22 bits per heavy atom. The fraction of sp³-hybridized carbons (Fsp3) is 0.750. The van der Waals surface area contributed by atoms with Crippen molar-refractivity contribution in [3.8, 4) is 0 Å². The van der Waals surface area contributed by atoms with E-state index in [0.29, 0.717) is 12.4 Å². The second-order valence-corrected chi connectivity index (χ2v) is 6.43. The van der Waals surface area contributed by atoms with E-state index in [0.717, 1.165) is 30.3 Å². The molecule has 4 atom stereocenters. The van der Waals surface area contributed by atoms with Crippen LogP contribution in [0.3, 0.4) is 0 Å². The van der Waals surface area contributed by atoms with Gasteiger partial charge in [-0.1, -0.05) is 37.7 Å². The first-order valence-corrected chi connectivity index (χ1v) is 8.99. The third kappa shape index (κ3) is 4.75. The number of aromatic nitrogens is 2. The molecule has 1 aromatic rings. The fourth-order valence-corrected chi connectivity index (χ4v) is 2.93. The molecule has 0 aromatic carbocycles. The lowest BCUT2D eigenvalue weighted by molar-refractivity contribution is -0.124. The summed E-state index contributed by atoms with van der Waals surface area (Å²) >= 11 is 0. The van der Waals surface area contributed by atoms with Crippen LogP contribution >= 0.6 is 0 Å². The van der Waals surface area contributed by atoms with E-state index >= 15 is 0 Å². The van der Waals surface area contributed by atoms with Crippen LogP contribution in [0.1, 0.15) is 45.3 Å². The molecule has 0 spiro atoms. The van der Waals surface area contributed by atoms with Crippen molar-refractivity contribution in [3.05, 3.63) is 33.2 Å². The van der Waals surface area contributed by atoms with Gasteiger partial charge in [0.15, 0.2) is 12.4 Å². The van der Waals surface area contributed by atoms with Crippen molar-refractivity contribution < 1.29 is 19.3 Å². The first-order valence-electron chi connectivity index (χ1n) is 8.99. The Kier molecular flexibility index (Phi) is 7.55. The zero-order valence-electron chi connectivity index (χ0n) is 15.2. The maximum absolute atomic E-state index is 14.4. The average Bonchev–Trinajstić information content (AvgIpc) is 2.90. The van der Waals surface area contributed by atoms with Gasteiger partial charge in [-0.15, -0.1) is 0 Å². The average molecular weight is 384 g/mol.